The molecule has 1 aromatic heterocycles. The largest absolute Gasteiger partial charge is 0.493 e. The van der Waals surface area contributed by atoms with Crippen molar-refractivity contribution in [1.82, 2.24) is 15.1 Å². The van der Waals surface area contributed by atoms with E-state index in [2.05, 4.69) is 35.9 Å². The van der Waals surface area contributed by atoms with Crippen LogP contribution in [0.5, 0.6) is 5.75 Å². The summed E-state index contributed by atoms with van der Waals surface area (Å²) in [4.78, 5) is 0. The van der Waals surface area contributed by atoms with Crippen molar-refractivity contribution < 1.29 is 4.74 Å². The molecule has 2 heterocycles. The van der Waals surface area contributed by atoms with Crippen LogP contribution in [0.4, 0.5) is 0 Å². The highest BCUT2D eigenvalue weighted by Gasteiger charge is 2.41. The van der Waals surface area contributed by atoms with Gasteiger partial charge in [-0.15, -0.1) is 0 Å². The topological polar surface area (TPSA) is 39.1 Å². The molecular formula is C16H29N3O. The normalized spacial score (nSPS) is 23.9. The van der Waals surface area contributed by atoms with Crippen LogP contribution in [0, 0.1) is 5.92 Å². The van der Waals surface area contributed by atoms with Crippen LogP contribution in [0.1, 0.15) is 58.6 Å². The Morgan fingerprint density at radius 2 is 2.20 bits per heavy atom. The van der Waals surface area contributed by atoms with Gasteiger partial charge in [0.25, 0.3) is 0 Å². The summed E-state index contributed by atoms with van der Waals surface area (Å²) in [5.74, 6) is 1.45. The van der Waals surface area contributed by atoms with Gasteiger partial charge in [-0.05, 0) is 31.7 Å². The molecule has 0 radical (unpaired) electrons. The van der Waals surface area contributed by atoms with Crippen molar-refractivity contribution in [2.45, 2.75) is 65.0 Å². The summed E-state index contributed by atoms with van der Waals surface area (Å²) in [5, 5.41) is 8.39. The highest BCUT2D eigenvalue weighted by molar-refractivity contribution is 5.33. The van der Waals surface area contributed by atoms with E-state index in [1.807, 2.05) is 6.20 Å². The minimum atomic E-state index is -0.00644. The zero-order chi connectivity index (χ0) is 14.6. The van der Waals surface area contributed by atoms with Gasteiger partial charge in [-0.3, -0.25) is 4.68 Å². The lowest BCUT2D eigenvalue weighted by molar-refractivity contribution is 0.205. The Balaban J connectivity index is 2.49. The fourth-order valence-corrected chi connectivity index (χ4v) is 3.42. The van der Waals surface area contributed by atoms with Crippen molar-refractivity contribution in [1.29, 1.82) is 0 Å². The number of nitrogens with zero attached hydrogens (tertiary/aromatic N) is 2. The SMILES string of the molecule is CCCn1ncc(OC)c1C1(C(C)C)CCCCCN1. The monoisotopic (exact) mass is 279 g/mol. The molecule has 1 aliphatic rings. The fourth-order valence-electron chi connectivity index (χ4n) is 3.42. The van der Waals surface area contributed by atoms with Gasteiger partial charge in [0.1, 0.15) is 5.69 Å². The summed E-state index contributed by atoms with van der Waals surface area (Å²) in [6.45, 7) is 8.84. The maximum absolute atomic E-state index is 5.62. The minimum absolute atomic E-state index is 0.00644. The molecule has 1 unspecified atom stereocenters. The van der Waals surface area contributed by atoms with Gasteiger partial charge < -0.3 is 10.1 Å². The van der Waals surface area contributed by atoms with E-state index in [9.17, 15) is 0 Å². The molecule has 1 saturated heterocycles. The molecule has 0 aliphatic carbocycles. The van der Waals surface area contributed by atoms with Crippen LogP contribution in [0.3, 0.4) is 0 Å². The van der Waals surface area contributed by atoms with E-state index in [1.54, 1.807) is 7.11 Å². The number of hydrogen-bond acceptors (Lipinski definition) is 3. The summed E-state index contributed by atoms with van der Waals surface area (Å²) in [7, 11) is 1.75. The first kappa shape index (κ1) is 15.4. The molecule has 0 spiro atoms. The summed E-state index contributed by atoms with van der Waals surface area (Å²) in [6.07, 6.45) is 7.97. The van der Waals surface area contributed by atoms with Gasteiger partial charge >= 0.3 is 0 Å². The van der Waals surface area contributed by atoms with Crippen molar-refractivity contribution in [3.05, 3.63) is 11.9 Å². The Kier molecular flexibility index (Phi) is 5.08. The van der Waals surface area contributed by atoms with E-state index < -0.39 is 0 Å². The highest BCUT2D eigenvalue weighted by atomic mass is 16.5. The molecule has 1 atom stereocenters. The van der Waals surface area contributed by atoms with Crippen LogP contribution in [-0.4, -0.2) is 23.4 Å². The van der Waals surface area contributed by atoms with Crippen molar-refractivity contribution in [3.8, 4) is 5.75 Å². The molecule has 0 bridgehead atoms. The Bertz CT molecular complexity index is 417. The molecule has 1 aliphatic heterocycles. The van der Waals surface area contributed by atoms with E-state index in [1.165, 1.54) is 25.0 Å². The van der Waals surface area contributed by atoms with Crippen molar-refractivity contribution in [2.24, 2.45) is 5.92 Å². The lowest BCUT2D eigenvalue weighted by Gasteiger charge is -2.38. The van der Waals surface area contributed by atoms with E-state index in [0.717, 1.165) is 31.7 Å². The molecule has 2 rings (SSSR count). The number of aryl methyl sites for hydroxylation is 1. The molecule has 0 saturated carbocycles. The maximum atomic E-state index is 5.62. The molecule has 114 valence electrons. The zero-order valence-electron chi connectivity index (χ0n) is 13.4. The van der Waals surface area contributed by atoms with E-state index in [4.69, 9.17) is 4.74 Å². The molecule has 1 aromatic rings. The Morgan fingerprint density at radius 1 is 1.40 bits per heavy atom. The number of aromatic nitrogens is 2. The Labute approximate surface area is 122 Å². The molecule has 1 N–H and O–H groups in total. The number of ether oxygens (including phenoxy) is 1. The predicted octanol–water partition coefficient (Wildman–Crippen LogP) is 3.32. The van der Waals surface area contributed by atoms with Crippen molar-refractivity contribution in [3.63, 3.8) is 0 Å². The molecule has 1 fully saturated rings. The summed E-state index contributed by atoms with van der Waals surface area (Å²) < 4.78 is 7.77. The smallest absolute Gasteiger partial charge is 0.161 e. The second kappa shape index (κ2) is 6.61. The molecular weight excluding hydrogens is 250 g/mol. The maximum Gasteiger partial charge on any atom is 0.161 e. The Morgan fingerprint density at radius 3 is 2.85 bits per heavy atom. The quantitative estimate of drug-likeness (QED) is 0.898. The van der Waals surface area contributed by atoms with Crippen molar-refractivity contribution >= 4 is 0 Å². The zero-order valence-corrected chi connectivity index (χ0v) is 13.4. The molecule has 4 nitrogen and oxygen atoms in total. The van der Waals surface area contributed by atoms with Crippen LogP contribution in [0.15, 0.2) is 6.20 Å². The third-order valence-electron chi connectivity index (χ3n) is 4.56. The number of methoxy groups -OCH3 is 1. The van der Waals surface area contributed by atoms with Gasteiger partial charge in [-0.25, -0.2) is 0 Å². The Hall–Kier alpha value is -1.03. The minimum Gasteiger partial charge on any atom is -0.493 e. The van der Waals surface area contributed by atoms with Gasteiger partial charge in [0.15, 0.2) is 5.75 Å². The third kappa shape index (κ3) is 2.71. The molecule has 0 aromatic carbocycles. The third-order valence-corrected chi connectivity index (χ3v) is 4.56. The van der Waals surface area contributed by atoms with Crippen molar-refractivity contribution in [2.75, 3.05) is 13.7 Å². The molecule has 4 heteroatoms. The lowest BCUT2D eigenvalue weighted by Crippen LogP contribution is -2.48. The van der Waals surface area contributed by atoms with Crippen LogP contribution in [0.25, 0.3) is 0 Å². The van der Waals surface area contributed by atoms with Gasteiger partial charge in [-0.2, -0.15) is 5.10 Å². The fraction of sp³-hybridized carbons (Fsp3) is 0.812. The average molecular weight is 279 g/mol. The van der Waals surface area contributed by atoms with Crippen LogP contribution < -0.4 is 10.1 Å². The van der Waals surface area contributed by atoms with E-state index >= 15 is 0 Å². The number of hydrogen-bond donors (Lipinski definition) is 1. The lowest BCUT2D eigenvalue weighted by atomic mass is 9.79. The number of rotatable bonds is 5. The van der Waals surface area contributed by atoms with Gasteiger partial charge in [-0.1, -0.05) is 33.6 Å². The first-order chi connectivity index (χ1) is 9.65. The van der Waals surface area contributed by atoms with E-state index in [-0.39, 0.29) is 5.54 Å². The second-order valence-electron chi connectivity index (χ2n) is 6.15. The summed E-state index contributed by atoms with van der Waals surface area (Å²) in [6, 6.07) is 0. The average Bonchev–Trinajstić information content (AvgIpc) is 2.68. The van der Waals surface area contributed by atoms with E-state index in [0.29, 0.717) is 5.92 Å². The van der Waals surface area contributed by atoms with Gasteiger partial charge in [0, 0.05) is 6.54 Å². The molecule has 0 amide bonds. The molecule has 20 heavy (non-hydrogen) atoms. The second-order valence-corrected chi connectivity index (χ2v) is 6.15. The predicted molar refractivity (Wildman–Crippen MR) is 82.1 cm³/mol. The highest BCUT2D eigenvalue weighted by Crippen LogP contribution is 2.41. The first-order valence-electron chi connectivity index (χ1n) is 8.01. The van der Waals surface area contributed by atoms with Gasteiger partial charge in [0.2, 0.25) is 0 Å². The van der Waals surface area contributed by atoms with Crippen LogP contribution in [-0.2, 0) is 12.1 Å². The van der Waals surface area contributed by atoms with Gasteiger partial charge in [0.05, 0.1) is 18.8 Å². The summed E-state index contributed by atoms with van der Waals surface area (Å²) >= 11 is 0. The standard InChI is InChI=1S/C16H29N3O/c1-5-11-19-15(14(20-4)12-18-19)16(13(2)3)9-7-6-8-10-17-16/h12-13,17H,5-11H2,1-4H3. The summed E-state index contributed by atoms with van der Waals surface area (Å²) in [5.41, 5.74) is 1.24. The van der Waals surface area contributed by atoms with Crippen LogP contribution in [0.2, 0.25) is 0 Å². The van der Waals surface area contributed by atoms with Crippen LogP contribution >= 0.6 is 0 Å². The first-order valence-corrected chi connectivity index (χ1v) is 8.01. The number of nitrogens with one attached hydrogen (secondary N) is 1.